The zero-order valence-corrected chi connectivity index (χ0v) is 11.3. The molecule has 0 aliphatic rings. The molecule has 3 aromatic rings. The molecule has 0 bridgehead atoms. The molecule has 0 saturated carbocycles. The summed E-state index contributed by atoms with van der Waals surface area (Å²) in [5.74, 6) is 0.590. The Morgan fingerprint density at radius 3 is 2.80 bits per heavy atom. The molecule has 5 heteroatoms. The lowest BCUT2D eigenvalue weighted by molar-refractivity contribution is -0.904. The van der Waals surface area contributed by atoms with E-state index < -0.39 is 0 Å². The number of aromatic nitrogens is 2. The Morgan fingerprint density at radius 2 is 2.00 bits per heavy atom. The van der Waals surface area contributed by atoms with Crippen LogP contribution >= 0.6 is 11.6 Å². The largest absolute Gasteiger partial charge is 0.488 e. The van der Waals surface area contributed by atoms with Crippen molar-refractivity contribution in [1.82, 2.24) is 4.98 Å². The first kappa shape index (κ1) is 12.7. The highest BCUT2D eigenvalue weighted by Crippen LogP contribution is 2.26. The number of halogens is 1. The van der Waals surface area contributed by atoms with Crippen molar-refractivity contribution in [3.05, 3.63) is 65.6 Å². The van der Waals surface area contributed by atoms with Gasteiger partial charge in [0.25, 0.3) is 0 Å². The standard InChI is InChI=1S/C15H12ClN2O2/c16-15-8-14(20-10-11-4-2-1-3-5-11)12-9-18(19)7-6-13(12)17-15/h1-9,19H,10H2/q+1. The van der Waals surface area contributed by atoms with Gasteiger partial charge in [-0.15, -0.1) is 0 Å². The molecule has 0 saturated heterocycles. The summed E-state index contributed by atoms with van der Waals surface area (Å²) in [7, 11) is 0. The van der Waals surface area contributed by atoms with Gasteiger partial charge in [0.1, 0.15) is 22.9 Å². The predicted molar refractivity (Wildman–Crippen MR) is 74.9 cm³/mol. The number of nitrogens with zero attached hydrogens (tertiary/aromatic N) is 2. The smallest absolute Gasteiger partial charge is 0.235 e. The van der Waals surface area contributed by atoms with E-state index in [2.05, 4.69) is 4.98 Å². The molecule has 0 atom stereocenters. The number of hydrogen-bond acceptors (Lipinski definition) is 3. The summed E-state index contributed by atoms with van der Waals surface area (Å²) in [6, 6.07) is 13.2. The summed E-state index contributed by atoms with van der Waals surface area (Å²) in [4.78, 5) is 4.19. The second-order valence-electron chi connectivity index (χ2n) is 4.34. The van der Waals surface area contributed by atoms with Crippen LogP contribution in [0.2, 0.25) is 5.15 Å². The number of hydrogen-bond donors (Lipinski definition) is 1. The summed E-state index contributed by atoms with van der Waals surface area (Å²) in [5.41, 5.74) is 1.73. The lowest BCUT2D eigenvalue weighted by atomic mass is 10.2. The maximum atomic E-state index is 9.51. The molecule has 2 heterocycles. The van der Waals surface area contributed by atoms with Gasteiger partial charge in [-0.3, -0.25) is 5.21 Å². The van der Waals surface area contributed by atoms with Crippen LogP contribution < -0.4 is 9.47 Å². The van der Waals surface area contributed by atoms with Crippen molar-refractivity contribution in [1.29, 1.82) is 0 Å². The van der Waals surface area contributed by atoms with Crippen LogP contribution in [0.5, 0.6) is 5.75 Å². The van der Waals surface area contributed by atoms with Gasteiger partial charge in [0, 0.05) is 16.9 Å². The third kappa shape index (κ3) is 2.65. The fourth-order valence-electron chi connectivity index (χ4n) is 1.95. The Labute approximate surface area is 120 Å². The molecule has 1 aromatic carbocycles. The summed E-state index contributed by atoms with van der Waals surface area (Å²) in [6.07, 6.45) is 3.03. The molecule has 0 radical (unpaired) electrons. The molecule has 0 aliphatic heterocycles. The van der Waals surface area contributed by atoms with Gasteiger partial charge >= 0.3 is 0 Å². The maximum Gasteiger partial charge on any atom is 0.235 e. The zero-order valence-electron chi connectivity index (χ0n) is 10.5. The highest BCUT2D eigenvalue weighted by molar-refractivity contribution is 6.30. The first-order chi connectivity index (χ1) is 9.72. The summed E-state index contributed by atoms with van der Waals surface area (Å²) >= 11 is 5.98. The Bertz CT molecular complexity index is 747. The van der Waals surface area contributed by atoms with Gasteiger partial charge in [0.15, 0.2) is 0 Å². The second-order valence-corrected chi connectivity index (χ2v) is 4.73. The van der Waals surface area contributed by atoms with E-state index in [0.29, 0.717) is 28.4 Å². The summed E-state index contributed by atoms with van der Waals surface area (Å²) in [5, 5.41) is 10.6. The molecule has 20 heavy (non-hydrogen) atoms. The lowest BCUT2D eigenvalue weighted by Gasteiger charge is -2.08. The van der Waals surface area contributed by atoms with Crippen molar-refractivity contribution in [2.75, 3.05) is 0 Å². The highest BCUT2D eigenvalue weighted by atomic mass is 35.5. The van der Waals surface area contributed by atoms with Gasteiger partial charge in [-0.1, -0.05) is 41.9 Å². The first-order valence-electron chi connectivity index (χ1n) is 6.10. The number of fused-ring (bicyclic) bond motifs is 1. The number of ether oxygens (including phenoxy) is 1. The third-order valence-electron chi connectivity index (χ3n) is 2.90. The average molecular weight is 288 g/mol. The fraction of sp³-hybridized carbons (Fsp3) is 0.0667. The van der Waals surface area contributed by atoms with Gasteiger partial charge in [0.05, 0.1) is 5.52 Å². The van der Waals surface area contributed by atoms with Crippen LogP contribution in [0.15, 0.2) is 54.9 Å². The number of benzene rings is 1. The minimum absolute atomic E-state index is 0.358. The molecular formula is C15H12ClN2O2+. The van der Waals surface area contributed by atoms with Gasteiger partial charge in [-0.05, 0) is 5.56 Å². The van der Waals surface area contributed by atoms with Gasteiger partial charge in [-0.2, -0.15) is 0 Å². The van der Waals surface area contributed by atoms with Gasteiger partial charge < -0.3 is 4.74 Å². The first-order valence-corrected chi connectivity index (χ1v) is 6.48. The second kappa shape index (κ2) is 5.35. The highest BCUT2D eigenvalue weighted by Gasteiger charge is 2.11. The minimum atomic E-state index is 0.358. The fourth-order valence-corrected chi connectivity index (χ4v) is 2.14. The molecule has 0 spiro atoms. The molecule has 100 valence electrons. The van der Waals surface area contributed by atoms with Crippen LogP contribution in [0, 0.1) is 0 Å². The quantitative estimate of drug-likeness (QED) is 0.458. The van der Waals surface area contributed by atoms with Crippen molar-refractivity contribution in [2.45, 2.75) is 6.61 Å². The molecule has 0 fully saturated rings. The minimum Gasteiger partial charge on any atom is -0.488 e. The number of rotatable bonds is 3. The Kier molecular flexibility index (Phi) is 3.39. The van der Waals surface area contributed by atoms with Crippen molar-refractivity contribution in [3.63, 3.8) is 0 Å². The van der Waals surface area contributed by atoms with E-state index in [1.165, 1.54) is 6.20 Å². The molecule has 2 aromatic heterocycles. The van der Waals surface area contributed by atoms with E-state index in [4.69, 9.17) is 16.3 Å². The van der Waals surface area contributed by atoms with E-state index >= 15 is 0 Å². The van der Waals surface area contributed by atoms with Crippen molar-refractivity contribution in [2.24, 2.45) is 0 Å². The molecule has 1 N–H and O–H groups in total. The normalized spacial score (nSPS) is 10.7. The van der Waals surface area contributed by atoms with Crippen LogP contribution in [0.3, 0.4) is 0 Å². The summed E-state index contributed by atoms with van der Waals surface area (Å²) < 4.78 is 6.76. The van der Waals surface area contributed by atoms with E-state index in [1.807, 2.05) is 30.3 Å². The SMILES string of the molecule is O[n+]1ccc2nc(Cl)cc(OCc3ccccc3)c2c1. The topological polar surface area (TPSA) is 46.2 Å². The zero-order chi connectivity index (χ0) is 13.9. The molecular weight excluding hydrogens is 276 g/mol. The van der Waals surface area contributed by atoms with Crippen LogP contribution in [-0.2, 0) is 6.61 Å². The predicted octanol–water partition coefficient (Wildman–Crippen LogP) is 2.99. The van der Waals surface area contributed by atoms with E-state index in [9.17, 15) is 5.21 Å². The van der Waals surface area contributed by atoms with Crippen LogP contribution in [-0.4, -0.2) is 10.2 Å². The van der Waals surface area contributed by atoms with Gasteiger partial charge in [0.2, 0.25) is 12.4 Å². The van der Waals surface area contributed by atoms with E-state index in [1.54, 1.807) is 18.3 Å². The van der Waals surface area contributed by atoms with Crippen molar-refractivity contribution >= 4 is 22.5 Å². The molecule has 3 rings (SSSR count). The van der Waals surface area contributed by atoms with Crippen LogP contribution in [0.1, 0.15) is 5.56 Å². The summed E-state index contributed by atoms with van der Waals surface area (Å²) in [6.45, 7) is 0.427. The van der Waals surface area contributed by atoms with Gasteiger partial charge in [-0.25, -0.2) is 4.98 Å². The van der Waals surface area contributed by atoms with Crippen LogP contribution in [0.4, 0.5) is 0 Å². The molecule has 0 unspecified atom stereocenters. The van der Waals surface area contributed by atoms with E-state index in [-0.39, 0.29) is 0 Å². The molecule has 4 nitrogen and oxygen atoms in total. The number of pyridine rings is 2. The lowest BCUT2D eigenvalue weighted by Crippen LogP contribution is -2.28. The molecule has 0 aliphatic carbocycles. The third-order valence-corrected chi connectivity index (χ3v) is 3.10. The monoisotopic (exact) mass is 287 g/mol. The van der Waals surface area contributed by atoms with Crippen molar-refractivity contribution < 1.29 is 14.7 Å². The Balaban J connectivity index is 1.96. The van der Waals surface area contributed by atoms with Crippen LogP contribution in [0.25, 0.3) is 10.9 Å². The average Bonchev–Trinajstić information content (AvgIpc) is 2.46. The molecule has 0 amide bonds. The Morgan fingerprint density at radius 1 is 1.20 bits per heavy atom. The Hall–Kier alpha value is -2.33. The maximum absolute atomic E-state index is 9.51. The van der Waals surface area contributed by atoms with Crippen molar-refractivity contribution in [3.8, 4) is 5.75 Å². The van der Waals surface area contributed by atoms with E-state index in [0.717, 1.165) is 10.3 Å².